The fourth-order valence-corrected chi connectivity index (χ4v) is 11.4. The third kappa shape index (κ3) is 4.32. The fraction of sp³-hybridized carbons (Fsp3) is 0.0426. The summed E-state index contributed by atoms with van der Waals surface area (Å²) >= 11 is 0. The Bertz CT molecular complexity index is 2800. The van der Waals surface area contributed by atoms with Gasteiger partial charge in [-0.1, -0.05) is 159 Å². The second kappa shape index (κ2) is 11.5. The molecule has 9 aromatic rings. The first kappa shape index (κ1) is 29.9. The number of hydrogen-bond donors (Lipinski definition) is 0. The van der Waals surface area contributed by atoms with Gasteiger partial charge in [0.05, 0.1) is 16.7 Å². The molecule has 1 aliphatic heterocycles. The van der Waals surface area contributed by atoms with E-state index in [1.807, 2.05) is 42.5 Å². The van der Waals surface area contributed by atoms with Crippen LogP contribution in [0.4, 0.5) is 0 Å². The number of nitrogens with zero attached hydrogens (tertiary/aromatic N) is 2. The standard InChI is InChI=1S/C47H33N2OP/c1-2-43-48-40-24-14-26-42-47(40)49(43)46-39(23-13-25-41(46)51(42,50)34-17-7-4-8-18-34)45-37-21-11-9-19-35(37)44(36-20-10-12-22-38(36)45)33-29-27-32(28-30-33)31-15-5-3-6-16-31/h3-30H,2H2,1H3. The molecule has 51 heavy (non-hydrogen) atoms. The smallest absolute Gasteiger partial charge is 0.175 e. The van der Waals surface area contributed by atoms with Gasteiger partial charge in [-0.15, -0.1) is 0 Å². The summed E-state index contributed by atoms with van der Waals surface area (Å²) in [5, 5.41) is 7.24. The Morgan fingerprint density at radius 3 is 1.69 bits per heavy atom. The molecule has 1 atom stereocenters. The summed E-state index contributed by atoms with van der Waals surface area (Å²) in [6.45, 7) is 2.15. The Morgan fingerprint density at radius 2 is 1.04 bits per heavy atom. The van der Waals surface area contributed by atoms with Crippen LogP contribution in [0, 0.1) is 0 Å². The third-order valence-corrected chi connectivity index (χ3v) is 13.7. The van der Waals surface area contributed by atoms with Crippen molar-refractivity contribution in [1.82, 2.24) is 9.55 Å². The van der Waals surface area contributed by atoms with Crippen LogP contribution in [0.25, 0.3) is 71.6 Å². The van der Waals surface area contributed by atoms with Crippen molar-refractivity contribution >= 4 is 55.6 Å². The quantitative estimate of drug-likeness (QED) is 0.135. The van der Waals surface area contributed by atoms with E-state index in [4.69, 9.17) is 4.98 Å². The summed E-state index contributed by atoms with van der Waals surface area (Å²) in [7, 11) is -3.28. The molecule has 0 fully saturated rings. The molecule has 0 amide bonds. The minimum Gasteiger partial charge on any atom is -0.308 e. The normalized spacial score (nSPS) is 15.0. The third-order valence-electron chi connectivity index (χ3n) is 10.6. The zero-order valence-electron chi connectivity index (χ0n) is 28.1. The van der Waals surface area contributed by atoms with Gasteiger partial charge in [0, 0.05) is 27.9 Å². The highest BCUT2D eigenvalue weighted by Crippen LogP contribution is 2.53. The van der Waals surface area contributed by atoms with Crippen LogP contribution in [0.15, 0.2) is 170 Å². The first-order chi connectivity index (χ1) is 25.2. The molecular formula is C47H33N2OP. The van der Waals surface area contributed by atoms with Crippen molar-refractivity contribution in [1.29, 1.82) is 0 Å². The molecule has 0 spiro atoms. The van der Waals surface area contributed by atoms with Crippen LogP contribution in [-0.2, 0) is 11.0 Å². The number of fused-ring (bicyclic) bond motifs is 4. The maximum Gasteiger partial charge on any atom is 0.175 e. The second-order valence-electron chi connectivity index (χ2n) is 13.3. The Balaban J connectivity index is 1.31. The van der Waals surface area contributed by atoms with E-state index in [9.17, 15) is 0 Å². The summed E-state index contributed by atoms with van der Waals surface area (Å²) < 4.78 is 18.3. The highest BCUT2D eigenvalue weighted by Gasteiger charge is 2.41. The molecular weight excluding hydrogens is 640 g/mol. The number of aryl methyl sites for hydroxylation is 1. The van der Waals surface area contributed by atoms with Crippen molar-refractivity contribution in [3.05, 3.63) is 176 Å². The molecule has 3 nitrogen and oxygen atoms in total. The molecule has 10 rings (SSSR count). The van der Waals surface area contributed by atoms with Crippen molar-refractivity contribution in [2.45, 2.75) is 13.3 Å². The summed E-state index contributed by atoms with van der Waals surface area (Å²) in [5.74, 6) is 0.967. The predicted octanol–water partition coefficient (Wildman–Crippen LogP) is 10.8. The van der Waals surface area contributed by atoms with Crippen LogP contribution in [-0.4, -0.2) is 9.55 Å². The highest BCUT2D eigenvalue weighted by molar-refractivity contribution is 7.86. The van der Waals surface area contributed by atoms with Gasteiger partial charge in [0.2, 0.25) is 0 Å². The summed E-state index contributed by atoms with van der Waals surface area (Å²) in [5.41, 5.74) is 9.80. The van der Waals surface area contributed by atoms with E-state index in [1.54, 1.807) is 0 Å². The Hall–Kier alpha value is -6.02. The number of benzene rings is 8. The van der Waals surface area contributed by atoms with Crippen LogP contribution in [0.3, 0.4) is 0 Å². The lowest BCUT2D eigenvalue weighted by Crippen LogP contribution is -2.33. The van der Waals surface area contributed by atoms with E-state index in [1.165, 1.54) is 33.0 Å². The Labute approximate surface area is 296 Å². The number of para-hydroxylation sites is 2. The van der Waals surface area contributed by atoms with Gasteiger partial charge in [0.25, 0.3) is 0 Å². The summed E-state index contributed by atoms with van der Waals surface area (Å²) in [4.78, 5) is 5.14. The lowest BCUT2D eigenvalue weighted by atomic mass is 9.85. The van der Waals surface area contributed by atoms with Crippen molar-refractivity contribution in [3.8, 4) is 39.1 Å². The van der Waals surface area contributed by atoms with E-state index >= 15 is 4.57 Å². The summed E-state index contributed by atoms with van der Waals surface area (Å²) in [6, 6.07) is 59.5. The van der Waals surface area contributed by atoms with E-state index < -0.39 is 7.14 Å². The molecule has 1 aliphatic rings. The minimum absolute atomic E-state index is 0.747. The van der Waals surface area contributed by atoms with Crippen LogP contribution < -0.4 is 15.9 Å². The maximum absolute atomic E-state index is 16.0. The van der Waals surface area contributed by atoms with Crippen LogP contribution in [0.1, 0.15) is 12.7 Å². The zero-order chi connectivity index (χ0) is 34.1. The van der Waals surface area contributed by atoms with Crippen molar-refractivity contribution in [2.24, 2.45) is 0 Å². The van der Waals surface area contributed by atoms with Crippen molar-refractivity contribution < 1.29 is 4.57 Å². The van der Waals surface area contributed by atoms with Crippen molar-refractivity contribution in [3.63, 3.8) is 0 Å². The van der Waals surface area contributed by atoms with Gasteiger partial charge in [0.15, 0.2) is 7.14 Å². The molecule has 0 aliphatic carbocycles. The van der Waals surface area contributed by atoms with Gasteiger partial charge in [-0.3, -0.25) is 4.57 Å². The van der Waals surface area contributed by atoms with Gasteiger partial charge in [0.1, 0.15) is 5.82 Å². The molecule has 242 valence electrons. The molecule has 0 saturated carbocycles. The molecule has 1 aromatic heterocycles. The molecule has 1 unspecified atom stereocenters. The number of rotatable bonds is 5. The molecule has 4 heteroatoms. The Kier molecular flexibility index (Phi) is 6.74. The van der Waals surface area contributed by atoms with Gasteiger partial charge in [-0.05, 0) is 67.6 Å². The minimum atomic E-state index is -3.28. The first-order valence-corrected chi connectivity index (χ1v) is 19.3. The topological polar surface area (TPSA) is 34.9 Å². The van der Waals surface area contributed by atoms with Gasteiger partial charge in [-0.2, -0.15) is 0 Å². The van der Waals surface area contributed by atoms with Crippen LogP contribution >= 0.6 is 7.14 Å². The van der Waals surface area contributed by atoms with E-state index in [0.717, 1.165) is 66.8 Å². The molecule has 8 aromatic carbocycles. The molecule has 0 N–H and O–H groups in total. The fourth-order valence-electron chi connectivity index (χ4n) is 8.35. The van der Waals surface area contributed by atoms with Crippen LogP contribution in [0.2, 0.25) is 0 Å². The van der Waals surface area contributed by atoms with E-state index in [2.05, 4.69) is 139 Å². The highest BCUT2D eigenvalue weighted by atomic mass is 31.2. The average Bonchev–Trinajstić information content (AvgIpc) is 3.59. The van der Waals surface area contributed by atoms with Gasteiger partial charge in [-0.25, -0.2) is 4.98 Å². The lowest BCUT2D eigenvalue weighted by molar-refractivity contribution is 0.592. The first-order valence-electron chi connectivity index (χ1n) is 17.6. The number of hydrogen-bond acceptors (Lipinski definition) is 2. The van der Waals surface area contributed by atoms with E-state index in [0.29, 0.717) is 0 Å². The van der Waals surface area contributed by atoms with Crippen LogP contribution in [0.5, 0.6) is 0 Å². The monoisotopic (exact) mass is 672 g/mol. The number of imidazole rings is 1. The van der Waals surface area contributed by atoms with E-state index in [-0.39, 0.29) is 0 Å². The largest absolute Gasteiger partial charge is 0.308 e. The lowest BCUT2D eigenvalue weighted by Gasteiger charge is -2.31. The second-order valence-corrected chi connectivity index (χ2v) is 16.0. The maximum atomic E-state index is 16.0. The molecule has 0 saturated heterocycles. The van der Waals surface area contributed by atoms with Gasteiger partial charge >= 0.3 is 0 Å². The number of aromatic nitrogens is 2. The van der Waals surface area contributed by atoms with Gasteiger partial charge < -0.3 is 4.57 Å². The van der Waals surface area contributed by atoms with Crippen molar-refractivity contribution in [2.75, 3.05) is 0 Å². The molecule has 0 radical (unpaired) electrons. The predicted molar refractivity (Wildman–Crippen MR) is 215 cm³/mol. The summed E-state index contributed by atoms with van der Waals surface area (Å²) in [6.07, 6.45) is 0.747. The SMILES string of the molecule is CCc1nc2cccc3c2n1-c1c(-c2c4ccccc4c(-c4ccc(-c5ccccc5)cc4)c4ccccc24)cccc1P3(=O)c1ccccc1. The molecule has 0 bridgehead atoms. The average molecular weight is 673 g/mol. The molecule has 2 heterocycles. The zero-order valence-corrected chi connectivity index (χ0v) is 29.0. The Morgan fingerprint density at radius 1 is 0.510 bits per heavy atom.